The second-order valence-corrected chi connectivity index (χ2v) is 9.69. The molecule has 0 aliphatic carbocycles. The average molecular weight is 493 g/mol. The van der Waals surface area contributed by atoms with Gasteiger partial charge in [-0.3, -0.25) is 9.10 Å². The first kappa shape index (κ1) is 23.9. The number of nitrogens with one attached hydrogen (secondary N) is 1. The molecule has 0 bridgehead atoms. The van der Waals surface area contributed by atoms with E-state index in [1.807, 2.05) is 6.92 Å². The van der Waals surface area contributed by atoms with E-state index in [9.17, 15) is 13.2 Å². The van der Waals surface area contributed by atoms with Crippen LogP contribution in [-0.4, -0.2) is 28.0 Å². The van der Waals surface area contributed by atoms with Crippen LogP contribution in [0.15, 0.2) is 71.6 Å². The number of methoxy groups -OCH3 is 1. The highest BCUT2D eigenvalue weighted by Gasteiger charge is 2.28. The maximum absolute atomic E-state index is 13.4. The van der Waals surface area contributed by atoms with Crippen molar-refractivity contribution in [3.05, 3.63) is 87.9 Å². The number of carbonyl (C=O) groups is 1. The fraction of sp³-hybridized carbons (Fsp3) is 0.174. The lowest BCUT2D eigenvalue weighted by atomic mass is 10.2. The van der Waals surface area contributed by atoms with Crippen molar-refractivity contribution in [2.75, 3.05) is 18.0 Å². The topological polar surface area (TPSA) is 75.7 Å². The summed E-state index contributed by atoms with van der Waals surface area (Å²) in [5, 5.41) is 3.46. The lowest BCUT2D eigenvalue weighted by Crippen LogP contribution is -2.40. The van der Waals surface area contributed by atoms with Crippen molar-refractivity contribution in [2.45, 2.75) is 18.4 Å². The molecule has 1 amide bonds. The molecule has 3 rings (SSSR count). The number of amides is 1. The van der Waals surface area contributed by atoms with Gasteiger partial charge in [0.05, 0.1) is 22.7 Å². The zero-order chi connectivity index (χ0) is 23.3. The van der Waals surface area contributed by atoms with Crippen LogP contribution in [0, 0.1) is 6.92 Å². The van der Waals surface area contributed by atoms with Gasteiger partial charge >= 0.3 is 0 Å². The molecule has 0 fully saturated rings. The third-order valence-corrected chi connectivity index (χ3v) is 7.21. The number of aryl methyl sites for hydroxylation is 1. The number of sulfonamides is 1. The number of anilines is 1. The van der Waals surface area contributed by atoms with E-state index in [1.54, 1.807) is 42.5 Å². The van der Waals surface area contributed by atoms with Crippen LogP contribution in [0.1, 0.15) is 11.1 Å². The predicted octanol–water partition coefficient (Wildman–Crippen LogP) is 4.82. The van der Waals surface area contributed by atoms with Gasteiger partial charge in [0, 0.05) is 11.6 Å². The summed E-state index contributed by atoms with van der Waals surface area (Å²) in [6.45, 7) is 1.59. The van der Waals surface area contributed by atoms with E-state index >= 15 is 0 Å². The highest BCUT2D eigenvalue weighted by Crippen LogP contribution is 2.32. The summed E-state index contributed by atoms with van der Waals surface area (Å²) in [4.78, 5) is 12.8. The molecular formula is C23H22Cl2N2O4S. The van der Waals surface area contributed by atoms with Gasteiger partial charge in [0.1, 0.15) is 12.3 Å². The minimum absolute atomic E-state index is 0.0638. The molecule has 6 nitrogen and oxygen atoms in total. The normalized spacial score (nSPS) is 11.1. The summed E-state index contributed by atoms with van der Waals surface area (Å²) in [6.07, 6.45) is 0. The molecule has 0 aromatic heterocycles. The Labute approximate surface area is 197 Å². The van der Waals surface area contributed by atoms with Crippen LogP contribution in [0.2, 0.25) is 10.0 Å². The molecule has 0 spiro atoms. The summed E-state index contributed by atoms with van der Waals surface area (Å²) < 4.78 is 33.0. The highest BCUT2D eigenvalue weighted by molar-refractivity contribution is 7.92. The molecule has 0 unspecified atom stereocenters. The van der Waals surface area contributed by atoms with E-state index < -0.39 is 22.5 Å². The monoisotopic (exact) mass is 492 g/mol. The third-order valence-electron chi connectivity index (χ3n) is 4.75. The molecule has 0 saturated carbocycles. The van der Waals surface area contributed by atoms with Crippen molar-refractivity contribution in [3.63, 3.8) is 0 Å². The van der Waals surface area contributed by atoms with Crippen LogP contribution in [-0.2, 0) is 21.4 Å². The Morgan fingerprint density at radius 1 is 1.00 bits per heavy atom. The Bertz CT molecular complexity index is 1210. The van der Waals surface area contributed by atoms with Gasteiger partial charge in [0.25, 0.3) is 10.0 Å². The second kappa shape index (κ2) is 10.3. The molecule has 3 aromatic rings. The Balaban J connectivity index is 1.91. The van der Waals surface area contributed by atoms with Crippen LogP contribution in [0.5, 0.6) is 5.75 Å². The zero-order valence-electron chi connectivity index (χ0n) is 17.5. The number of nitrogens with zero attached hydrogens (tertiary/aromatic N) is 1. The number of rotatable bonds is 8. The molecule has 168 valence electrons. The number of carbonyl (C=O) groups excluding carboxylic acids is 1. The first-order valence-corrected chi connectivity index (χ1v) is 11.8. The first-order chi connectivity index (χ1) is 15.2. The minimum atomic E-state index is -4.05. The first-order valence-electron chi connectivity index (χ1n) is 9.65. The quantitative estimate of drug-likeness (QED) is 0.488. The zero-order valence-corrected chi connectivity index (χ0v) is 19.8. The van der Waals surface area contributed by atoms with Gasteiger partial charge in [0.2, 0.25) is 5.91 Å². The van der Waals surface area contributed by atoms with Crippen LogP contribution in [0.4, 0.5) is 5.69 Å². The van der Waals surface area contributed by atoms with Gasteiger partial charge < -0.3 is 10.1 Å². The summed E-state index contributed by atoms with van der Waals surface area (Å²) >= 11 is 12.4. The molecule has 0 aliphatic heterocycles. The summed E-state index contributed by atoms with van der Waals surface area (Å²) in [6, 6.07) is 18.0. The van der Waals surface area contributed by atoms with E-state index in [0.29, 0.717) is 10.8 Å². The fourth-order valence-electron chi connectivity index (χ4n) is 2.98. The molecule has 3 aromatic carbocycles. The van der Waals surface area contributed by atoms with Gasteiger partial charge in [-0.2, -0.15) is 0 Å². The third kappa shape index (κ3) is 5.54. The van der Waals surface area contributed by atoms with E-state index in [0.717, 1.165) is 15.4 Å². The number of halogens is 2. The van der Waals surface area contributed by atoms with Crippen LogP contribution in [0.25, 0.3) is 0 Å². The van der Waals surface area contributed by atoms with E-state index in [1.165, 1.54) is 31.4 Å². The Kier molecular flexibility index (Phi) is 7.66. The van der Waals surface area contributed by atoms with E-state index in [-0.39, 0.29) is 22.2 Å². The molecular weight excluding hydrogens is 471 g/mol. The summed E-state index contributed by atoms with van der Waals surface area (Å²) in [5.41, 5.74) is 1.88. The smallest absolute Gasteiger partial charge is 0.264 e. The number of hydrogen-bond acceptors (Lipinski definition) is 4. The molecule has 0 atom stereocenters. The Morgan fingerprint density at radius 3 is 2.31 bits per heavy atom. The standard InChI is InChI=1S/C23H22Cl2N2O4S/c1-16-7-10-19(11-8-16)32(29,30)27(18-9-12-22(31-2)21(25)13-18)15-23(28)26-14-17-5-3-4-6-20(17)24/h3-13H,14-15H2,1-2H3,(H,26,28). The van der Waals surface area contributed by atoms with Gasteiger partial charge in [-0.1, -0.05) is 59.1 Å². The van der Waals surface area contributed by atoms with Crippen molar-refractivity contribution < 1.29 is 17.9 Å². The second-order valence-electron chi connectivity index (χ2n) is 7.01. The highest BCUT2D eigenvalue weighted by atomic mass is 35.5. The van der Waals surface area contributed by atoms with Crippen LogP contribution < -0.4 is 14.4 Å². The van der Waals surface area contributed by atoms with Crippen LogP contribution >= 0.6 is 23.2 Å². The largest absolute Gasteiger partial charge is 0.495 e. The lowest BCUT2D eigenvalue weighted by Gasteiger charge is -2.24. The van der Waals surface area contributed by atoms with Crippen LogP contribution in [0.3, 0.4) is 0 Å². The molecule has 0 aliphatic rings. The minimum Gasteiger partial charge on any atom is -0.495 e. The van der Waals surface area contributed by atoms with Crippen molar-refractivity contribution in [3.8, 4) is 5.75 Å². The summed E-state index contributed by atoms with van der Waals surface area (Å²) in [7, 11) is -2.58. The fourth-order valence-corrected chi connectivity index (χ4v) is 4.85. The number of hydrogen-bond donors (Lipinski definition) is 1. The van der Waals surface area contributed by atoms with Crippen molar-refractivity contribution in [2.24, 2.45) is 0 Å². The van der Waals surface area contributed by atoms with Gasteiger partial charge in [-0.15, -0.1) is 0 Å². The van der Waals surface area contributed by atoms with Gasteiger partial charge in [-0.05, 0) is 48.9 Å². The van der Waals surface area contributed by atoms with Crippen molar-refractivity contribution in [1.29, 1.82) is 0 Å². The molecule has 9 heteroatoms. The van der Waals surface area contributed by atoms with Gasteiger partial charge in [0.15, 0.2) is 0 Å². The average Bonchev–Trinajstić information content (AvgIpc) is 2.77. The SMILES string of the molecule is COc1ccc(N(CC(=O)NCc2ccccc2Cl)S(=O)(=O)c2ccc(C)cc2)cc1Cl. The molecule has 32 heavy (non-hydrogen) atoms. The molecule has 1 N–H and O–H groups in total. The van der Waals surface area contributed by atoms with Gasteiger partial charge in [-0.25, -0.2) is 8.42 Å². The lowest BCUT2D eigenvalue weighted by molar-refractivity contribution is -0.119. The van der Waals surface area contributed by atoms with Crippen molar-refractivity contribution in [1.82, 2.24) is 5.32 Å². The Hall–Kier alpha value is -2.74. The molecule has 0 heterocycles. The molecule has 0 saturated heterocycles. The van der Waals surface area contributed by atoms with E-state index in [2.05, 4.69) is 5.32 Å². The number of benzene rings is 3. The summed E-state index contributed by atoms with van der Waals surface area (Å²) in [5.74, 6) is -0.0983. The molecule has 0 radical (unpaired) electrons. The van der Waals surface area contributed by atoms with E-state index in [4.69, 9.17) is 27.9 Å². The van der Waals surface area contributed by atoms with Crippen molar-refractivity contribution >= 4 is 44.8 Å². The number of ether oxygens (including phenoxy) is 1. The predicted molar refractivity (Wildman–Crippen MR) is 127 cm³/mol. The maximum atomic E-state index is 13.4. The Morgan fingerprint density at radius 2 is 1.69 bits per heavy atom. The maximum Gasteiger partial charge on any atom is 0.264 e.